The van der Waals surface area contributed by atoms with Crippen LogP contribution in [0.1, 0.15) is 12.5 Å². The third-order valence-electron chi connectivity index (χ3n) is 4.94. The van der Waals surface area contributed by atoms with Crippen LogP contribution in [0.3, 0.4) is 0 Å². The lowest BCUT2D eigenvalue weighted by Gasteiger charge is -2.33. The molecule has 1 saturated heterocycles. The van der Waals surface area contributed by atoms with E-state index in [1.165, 1.54) is 17.7 Å². The predicted octanol–water partition coefficient (Wildman–Crippen LogP) is 3.43. The number of aromatic nitrogens is 2. The van der Waals surface area contributed by atoms with Crippen molar-refractivity contribution in [3.8, 4) is 0 Å². The lowest BCUT2D eigenvalue weighted by molar-refractivity contribution is 0.312. The normalized spacial score (nSPS) is 17.3. The van der Waals surface area contributed by atoms with Crippen molar-refractivity contribution < 1.29 is 4.39 Å². The van der Waals surface area contributed by atoms with Gasteiger partial charge in [-0.2, -0.15) is 0 Å². The highest BCUT2D eigenvalue weighted by molar-refractivity contribution is 7.98. The Morgan fingerprint density at radius 2 is 1.86 bits per heavy atom. The molecular formula is C21H25FN6S. The van der Waals surface area contributed by atoms with E-state index < -0.39 is 0 Å². The minimum absolute atomic E-state index is 0.223. The fraction of sp³-hybridized carbons (Fsp3) is 0.381. The summed E-state index contributed by atoms with van der Waals surface area (Å²) < 4.78 is 13.1. The number of likely N-dealkylation sites (N-methyl/N-ethyl adjacent to an activating group) is 1. The smallest absolute Gasteiger partial charge is 0.191 e. The highest BCUT2D eigenvalue weighted by Gasteiger charge is 2.18. The van der Waals surface area contributed by atoms with Crippen molar-refractivity contribution >= 4 is 29.2 Å². The van der Waals surface area contributed by atoms with Crippen LogP contribution in [-0.2, 0) is 5.75 Å². The molecule has 0 atom stereocenters. The minimum atomic E-state index is -0.223. The maximum Gasteiger partial charge on any atom is 0.191 e. The van der Waals surface area contributed by atoms with Gasteiger partial charge in [-0.25, -0.2) is 14.4 Å². The van der Waals surface area contributed by atoms with Gasteiger partial charge >= 0.3 is 0 Å². The van der Waals surface area contributed by atoms with Gasteiger partial charge in [0.15, 0.2) is 5.16 Å². The first-order valence-electron chi connectivity index (χ1n) is 9.73. The summed E-state index contributed by atoms with van der Waals surface area (Å²) in [6.45, 7) is 6.70. The second-order valence-corrected chi connectivity index (χ2v) is 8.36. The Morgan fingerprint density at radius 3 is 2.55 bits per heavy atom. The minimum Gasteiger partial charge on any atom is -0.354 e. The molecule has 4 rings (SSSR count). The molecule has 8 heteroatoms. The van der Waals surface area contributed by atoms with Crippen molar-refractivity contribution in [2.45, 2.75) is 17.8 Å². The number of piperazine rings is 1. The second kappa shape index (κ2) is 8.92. The fourth-order valence-electron chi connectivity index (χ4n) is 3.21. The van der Waals surface area contributed by atoms with E-state index >= 15 is 0 Å². The van der Waals surface area contributed by atoms with Crippen molar-refractivity contribution in [2.24, 2.45) is 4.99 Å². The van der Waals surface area contributed by atoms with E-state index in [0.717, 1.165) is 55.8 Å². The first-order chi connectivity index (χ1) is 14.0. The Labute approximate surface area is 174 Å². The van der Waals surface area contributed by atoms with Crippen LogP contribution in [-0.4, -0.2) is 60.5 Å². The molecule has 152 valence electrons. The molecule has 0 radical (unpaired) electrons. The number of anilines is 2. The summed E-state index contributed by atoms with van der Waals surface area (Å²) in [4.78, 5) is 18.6. The lowest BCUT2D eigenvalue weighted by atomic mass is 10.2. The average molecular weight is 413 g/mol. The van der Waals surface area contributed by atoms with E-state index in [1.54, 1.807) is 23.9 Å². The Morgan fingerprint density at radius 1 is 1.10 bits per heavy atom. The van der Waals surface area contributed by atoms with Crippen LogP contribution in [0.25, 0.3) is 0 Å². The monoisotopic (exact) mass is 412 g/mol. The van der Waals surface area contributed by atoms with Crippen LogP contribution < -0.4 is 10.2 Å². The first-order valence-corrected chi connectivity index (χ1v) is 10.7. The van der Waals surface area contributed by atoms with Crippen molar-refractivity contribution in [3.05, 3.63) is 53.4 Å². The number of rotatable bonds is 5. The second-order valence-electron chi connectivity index (χ2n) is 7.42. The summed E-state index contributed by atoms with van der Waals surface area (Å²) in [5.41, 5.74) is 2.27. The maximum atomic E-state index is 13.1. The van der Waals surface area contributed by atoms with E-state index in [0.29, 0.717) is 10.9 Å². The number of amidine groups is 1. The van der Waals surface area contributed by atoms with Gasteiger partial charge in [0.2, 0.25) is 0 Å². The molecule has 2 aromatic rings. The summed E-state index contributed by atoms with van der Waals surface area (Å²) in [5.74, 6) is 2.97. The Hall–Kier alpha value is -2.45. The number of aliphatic imine (C=N–C) groups is 1. The molecule has 1 N–H and O–H groups in total. The summed E-state index contributed by atoms with van der Waals surface area (Å²) in [7, 11) is 2.14. The van der Waals surface area contributed by atoms with Crippen molar-refractivity contribution in [2.75, 3.05) is 50.0 Å². The van der Waals surface area contributed by atoms with Gasteiger partial charge < -0.3 is 15.1 Å². The molecular weight excluding hydrogens is 387 g/mol. The zero-order chi connectivity index (χ0) is 20.2. The number of hydrogen-bond acceptors (Lipinski definition) is 7. The van der Waals surface area contributed by atoms with E-state index in [1.807, 2.05) is 12.1 Å². The van der Waals surface area contributed by atoms with Crippen LogP contribution >= 0.6 is 11.8 Å². The molecule has 0 aliphatic carbocycles. The van der Waals surface area contributed by atoms with E-state index in [4.69, 9.17) is 4.98 Å². The first kappa shape index (κ1) is 19.8. The summed E-state index contributed by atoms with van der Waals surface area (Å²) in [5, 5.41) is 4.03. The quantitative estimate of drug-likeness (QED) is 0.600. The summed E-state index contributed by atoms with van der Waals surface area (Å²) in [6.07, 6.45) is 2.04. The van der Waals surface area contributed by atoms with E-state index in [2.05, 4.69) is 39.1 Å². The topological polar surface area (TPSA) is 56.6 Å². The molecule has 29 heavy (non-hydrogen) atoms. The standard InChI is InChI=1S/C21H25FN6S/c1-15-11-18(23-13-15)24-19-12-20(28-9-7-27(2)8-10-28)26-21(25-19)29-14-16-3-5-17(22)6-4-16/h3-6,11-12H,7-10,13-14H2,1-2H3,(H,23,24,25,26). The third kappa shape index (κ3) is 5.33. The predicted molar refractivity (Wildman–Crippen MR) is 117 cm³/mol. The van der Waals surface area contributed by atoms with Gasteiger partial charge in [0, 0.05) is 38.0 Å². The van der Waals surface area contributed by atoms with Crippen LogP contribution in [0.15, 0.2) is 52.1 Å². The molecule has 0 spiro atoms. The third-order valence-corrected chi connectivity index (χ3v) is 5.86. The molecule has 3 heterocycles. The molecule has 2 aliphatic heterocycles. The van der Waals surface area contributed by atoms with Gasteiger partial charge in [-0.15, -0.1) is 0 Å². The fourth-order valence-corrected chi connectivity index (χ4v) is 4.02. The van der Waals surface area contributed by atoms with Crippen LogP contribution in [0.2, 0.25) is 0 Å². The Balaban J connectivity index is 1.54. The zero-order valence-corrected chi connectivity index (χ0v) is 17.5. The molecule has 1 fully saturated rings. The van der Waals surface area contributed by atoms with Crippen LogP contribution in [0.5, 0.6) is 0 Å². The molecule has 0 amide bonds. The number of hydrogen-bond donors (Lipinski definition) is 1. The average Bonchev–Trinajstić information content (AvgIpc) is 3.12. The molecule has 1 aromatic carbocycles. The maximum absolute atomic E-state index is 13.1. The van der Waals surface area contributed by atoms with Crippen molar-refractivity contribution in [1.29, 1.82) is 0 Å². The Bertz CT molecular complexity index is 919. The molecule has 0 unspecified atom stereocenters. The molecule has 1 aromatic heterocycles. The largest absolute Gasteiger partial charge is 0.354 e. The number of nitrogens with one attached hydrogen (secondary N) is 1. The van der Waals surface area contributed by atoms with E-state index in [-0.39, 0.29) is 5.82 Å². The SMILES string of the molecule is CC1=CC(Nc2cc(N3CCN(C)CC3)nc(SCc3ccc(F)cc3)n2)=NC1. The van der Waals surface area contributed by atoms with Gasteiger partial charge in [-0.1, -0.05) is 23.9 Å². The highest BCUT2D eigenvalue weighted by atomic mass is 32.2. The van der Waals surface area contributed by atoms with Crippen LogP contribution in [0.4, 0.5) is 16.0 Å². The molecule has 2 aliphatic rings. The zero-order valence-electron chi connectivity index (χ0n) is 16.7. The highest BCUT2D eigenvalue weighted by Crippen LogP contribution is 2.26. The lowest BCUT2D eigenvalue weighted by Crippen LogP contribution is -2.44. The van der Waals surface area contributed by atoms with Crippen molar-refractivity contribution in [3.63, 3.8) is 0 Å². The summed E-state index contributed by atoms with van der Waals surface area (Å²) >= 11 is 1.55. The number of nitrogens with zero attached hydrogens (tertiary/aromatic N) is 5. The van der Waals surface area contributed by atoms with Gasteiger partial charge in [0.05, 0.1) is 6.54 Å². The number of benzene rings is 1. The van der Waals surface area contributed by atoms with Gasteiger partial charge in [-0.3, -0.25) is 4.99 Å². The van der Waals surface area contributed by atoms with Gasteiger partial charge in [0.1, 0.15) is 23.3 Å². The molecule has 0 saturated carbocycles. The van der Waals surface area contributed by atoms with Crippen LogP contribution in [0, 0.1) is 5.82 Å². The number of halogens is 1. The van der Waals surface area contributed by atoms with E-state index in [9.17, 15) is 4.39 Å². The van der Waals surface area contributed by atoms with Gasteiger partial charge in [0.25, 0.3) is 0 Å². The Kier molecular flexibility index (Phi) is 6.10. The molecule has 6 nitrogen and oxygen atoms in total. The van der Waals surface area contributed by atoms with Gasteiger partial charge in [-0.05, 0) is 43.3 Å². The number of thioether (sulfide) groups is 1. The summed E-state index contributed by atoms with van der Waals surface area (Å²) in [6, 6.07) is 8.56. The van der Waals surface area contributed by atoms with Crippen molar-refractivity contribution in [1.82, 2.24) is 14.9 Å². The molecule has 0 bridgehead atoms.